The Hall–Kier alpha value is -2.60. The smallest absolute Gasteiger partial charge is 0.266 e. The van der Waals surface area contributed by atoms with Gasteiger partial charge in [0, 0.05) is 6.04 Å². The second kappa shape index (κ2) is 8.82. The maximum atomic E-state index is 13.3. The van der Waals surface area contributed by atoms with E-state index < -0.39 is 0 Å². The van der Waals surface area contributed by atoms with Crippen LogP contribution < -0.4 is 10.9 Å². The number of nitrogens with zero attached hydrogens (tertiary/aromatic N) is 2. The Morgan fingerprint density at radius 2 is 1.86 bits per heavy atom. The zero-order valence-corrected chi connectivity index (χ0v) is 18.3. The Morgan fingerprint density at radius 3 is 2.59 bits per heavy atom. The molecule has 3 aromatic rings. The normalized spacial score (nSPS) is 12.3. The van der Waals surface area contributed by atoms with Crippen LogP contribution in [0.4, 0.5) is 0 Å². The van der Waals surface area contributed by atoms with Crippen molar-refractivity contribution in [3.05, 3.63) is 63.9 Å². The van der Waals surface area contributed by atoms with Gasteiger partial charge in [0.1, 0.15) is 0 Å². The molecule has 0 saturated heterocycles. The third-order valence-electron chi connectivity index (χ3n) is 5.07. The van der Waals surface area contributed by atoms with Crippen LogP contribution in [-0.2, 0) is 4.79 Å². The molecule has 29 heavy (non-hydrogen) atoms. The summed E-state index contributed by atoms with van der Waals surface area (Å²) < 4.78 is 1.63. The molecule has 1 heterocycles. The molecule has 0 fully saturated rings. The molecule has 1 amide bonds. The minimum absolute atomic E-state index is 0.0638. The van der Waals surface area contributed by atoms with Gasteiger partial charge in [0.05, 0.1) is 22.3 Å². The van der Waals surface area contributed by atoms with Gasteiger partial charge in [0.15, 0.2) is 5.16 Å². The van der Waals surface area contributed by atoms with Gasteiger partial charge < -0.3 is 5.32 Å². The number of hydrogen-bond acceptors (Lipinski definition) is 4. The number of carbonyl (C=O) groups excluding carboxylic acids is 1. The Morgan fingerprint density at radius 1 is 1.14 bits per heavy atom. The molecule has 0 aliphatic rings. The summed E-state index contributed by atoms with van der Waals surface area (Å²) in [6.45, 7) is 10.1. The molecular weight excluding hydrogens is 382 g/mol. The highest BCUT2D eigenvalue weighted by Gasteiger charge is 2.17. The Bertz CT molecular complexity index is 1100. The predicted octanol–water partition coefficient (Wildman–Crippen LogP) is 4.26. The van der Waals surface area contributed by atoms with E-state index in [1.54, 1.807) is 10.6 Å². The molecule has 1 aromatic heterocycles. The van der Waals surface area contributed by atoms with Gasteiger partial charge in [0.2, 0.25) is 5.91 Å². The molecule has 0 saturated carbocycles. The number of nitrogens with one attached hydrogen (secondary N) is 1. The van der Waals surface area contributed by atoms with Crippen molar-refractivity contribution < 1.29 is 4.79 Å². The number of aryl methyl sites for hydroxylation is 2. The highest BCUT2D eigenvalue weighted by Crippen LogP contribution is 2.24. The summed E-state index contributed by atoms with van der Waals surface area (Å²) in [5, 5.41) is 4.09. The van der Waals surface area contributed by atoms with Gasteiger partial charge in [-0.3, -0.25) is 14.2 Å². The summed E-state index contributed by atoms with van der Waals surface area (Å²) in [6, 6.07) is 13.4. The summed E-state index contributed by atoms with van der Waals surface area (Å²) in [4.78, 5) is 30.5. The lowest BCUT2D eigenvalue weighted by atomic mass is 10.1. The topological polar surface area (TPSA) is 64.0 Å². The largest absolute Gasteiger partial charge is 0.353 e. The minimum atomic E-state index is -0.122. The molecule has 0 bridgehead atoms. The second-order valence-corrected chi connectivity index (χ2v) is 8.67. The first-order chi connectivity index (χ1) is 13.8. The van der Waals surface area contributed by atoms with Crippen LogP contribution in [0.5, 0.6) is 0 Å². The first kappa shape index (κ1) is 21.1. The van der Waals surface area contributed by atoms with Crippen molar-refractivity contribution in [2.45, 2.75) is 45.8 Å². The van der Waals surface area contributed by atoms with Crippen LogP contribution in [0.1, 0.15) is 31.9 Å². The fourth-order valence-electron chi connectivity index (χ4n) is 2.97. The predicted molar refractivity (Wildman–Crippen MR) is 120 cm³/mol. The van der Waals surface area contributed by atoms with Gasteiger partial charge in [-0.2, -0.15) is 0 Å². The van der Waals surface area contributed by atoms with Crippen LogP contribution >= 0.6 is 11.8 Å². The number of thioether (sulfide) groups is 1. The lowest BCUT2D eigenvalue weighted by Gasteiger charge is -2.18. The van der Waals surface area contributed by atoms with Crippen LogP contribution in [0.25, 0.3) is 16.6 Å². The van der Waals surface area contributed by atoms with Crippen LogP contribution in [0, 0.1) is 19.8 Å². The van der Waals surface area contributed by atoms with Crippen LogP contribution in [0.15, 0.2) is 52.4 Å². The van der Waals surface area contributed by atoms with E-state index in [2.05, 4.69) is 19.2 Å². The molecule has 0 spiro atoms. The van der Waals surface area contributed by atoms with E-state index >= 15 is 0 Å². The molecule has 0 aliphatic heterocycles. The zero-order chi connectivity index (χ0) is 21.1. The van der Waals surface area contributed by atoms with Gasteiger partial charge in [-0.1, -0.05) is 49.9 Å². The molecule has 152 valence electrons. The van der Waals surface area contributed by atoms with Crippen molar-refractivity contribution in [2.24, 2.45) is 5.92 Å². The summed E-state index contributed by atoms with van der Waals surface area (Å²) in [6.07, 6.45) is 0. The molecule has 5 nitrogen and oxygen atoms in total. The lowest BCUT2D eigenvalue weighted by molar-refractivity contribution is -0.119. The number of amides is 1. The maximum absolute atomic E-state index is 13.3. The summed E-state index contributed by atoms with van der Waals surface area (Å²) in [5.74, 6) is 0.495. The number of para-hydroxylation sites is 1. The molecule has 1 N–H and O–H groups in total. The first-order valence-corrected chi connectivity index (χ1v) is 10.8. The fourth-order valence-corrected chi connectivity index (χ4v) is 3.79. The van der Waals surface area contributed by atoms with Gasteiger partial charge in [-0.25, -0.2) is 4.98 Å². The van der Waals surface area contributed by atoms with Gasteiger partial charge in [-0.05, 0) is 56.0 Å². The van der Waals surface area contributed by atoms with Crippen LogP contribution in [-0.4, -0.2) is 27.3 Å². The van der Waals surface area contributed by atoms with Gasteiger partial charge in [0.25, 0.3) is 5.56 Å². The summed E-state index contributed by atoms with van der Waals surface area (Å²) in [5.41, 5.74) is 3.35. The number of benzene rings is 2. The van der Waals surface area contributed by atoms with Crippen molar-refractivity contribution >= 4 is 28.6 Å². The van der Waals surface area contributed by atoms with E-state index in [1.165, 1.54) is 11.8 Å². The molecular formula is C23H27N3O2S. The van der Waals surface area contributed by atoms with Crippen molar-refractivity contribution in [1.82, 2.24) is 14.9 Å². The van der Waals surface area contributed by atoms with Crippen molar-refractivity contribution in [1.29, 1.82) is 0 Å². The molecule has 2 aromatic carbocycles. The molecule has 3 rings (SSSR count). The fraction of sp³-hybridized carbons (Fsp3) is 0.348. The second-order valence-electron chi connectivity index (χ2n) is 7.73. The number of hydrogen-bond donors (Lipinski definition) is 1. The van der Waals surface area contributed by atoms with E-state index in [9.17, 15) is 9.59 Å². The number of aromatic nitrogens is 2. The van der Waals surface area contributed by atoms with Crippen molar-refractivity contribution in [3.63, 3.8) is 0 Å². The van der Waals surface area contributed by atoms with Crippen LogP contribution in [0.2, 0.25) is 0 Å². The highest BCUT2D eigenvalue weighted by molar-refractivity contribution is 7.99. The summed E-state index contributed by atoms with van der Waals surface area (Å²) in [7, 11) is 0. The third-order valence-corrected chi connectivity index (χ3v) is 6.01. The minimum Gasteiger partial charge on any atom is -0.353 e. The molecule has 6 heteroatoms. The zero-order valence-electron chi connectivity index (χ0n) is 17.5. The van der Waals surface area contributed by atoms with E-state index in [1.807, 2.05) is 57.2 Å². The van der Waals surface area contributed by atoms with E-state index in [4.69, 9.17) is 4.98 Å². The Labute approximate surface area is 175 Å². The van der Waals surface area contributed by atoms with Gasteiger partial charge in [-0.15, -0.1) is 0 Å². The monoisotopic (exact) mass is 409 g/mol. The molecule has 0 unspecified atom stereocenters. The number of fused-ring (bicyclic) bond motifs is 1. The third kappa shape index (κ3) is 4.70. The molecule has 0 aliphatic carbocycles. The van der Waals surface area contributed by atoms with E-state index in [-0.39, 0.29) is 23.3 Å². The lowest BCUT2D eigenvalue weighted by Crippen LogP contribution is -2.37. The van der Waals surface area contributed by atoms with Crippen molar-refractivity contribution in [3.8, 4) is 5.69 Å². The molecule has 1 atom stereocenters. The Balaban J connectivity index is 2.05. The standard InChI is InChI=1S/C23H27N3O2S/c1-14(2)17(5)24-21(27)13-29-23-25-19-9-7-6-8-18(19)22(28)26(23)20-12-15(3)10-11-16(20)4/h6-12,14,17H,13H2,1-5H3,(H,24,27)/t17-/m0/s1. The van der Waals surface area contributed by atoms with Crippen LogP contribution in [0.3, 0.4) is 0 Å². The quantitative estimate of drug-likeness (QED) is 0.488. The SMILES string of the molecule is Cc1ccc(C)c(-n2c(SCC(=O)N[C@@H](C)C(C)C)nc3ccccc3c2=O)c1. The maximum Gasteiger partial charge on any atom is 0.266 e. The van der Waals surface area contributed by atoms with E-state index in [0.717, 1.165) is 16.8 Å². The highest BCUT2D eigenvalue weighted by atomic mass is 32.2. The number of carbonyl (C=O) groups is 1. The summed E-state index contributed by atoms with van der Waals surface area (Å²) >= 11 is 1.29. The molecule has 0 radical (unpaired) electrons. The average molecular weight is 410 g/mol. The number of rotatable bonds is 6. The Kier molecular flexibility index (Phi) is 6.42. The first-order valence-electron chi connectivity index (χ1n) is 9.79. The van der Waals surface area contributed by atoms with Gasteiger partial charge >= 0.3 is 0 Å². The van der Waals surface area contributed by atoms with Crippen molar-refractivity contribution in [2.75, 3.05) is 5.75 Å². The van der Waals surface area contributed by atoms with E-state index in [0.29, 0.717) is 22.0 Å². The average Bonchev–Trinajstić information content (AvgIpc) is 2.68.